The molecule has 3 aliphatic heterocycles. The Hall–Kier alpha value is -1.91. The third-order valence-corrected chi connectivity index (χ3v) is 7.88. The number of esters is 2. The fourth-order valence-corrected chi connectivity index (χ4v) is 5.72. The Morgan fingerprint density at radius 1 is 0.865 bits per heavy atom. The zero-order chi connectivity index (χ0) is 26.7. The van der Waals surface area contributed by atoms with Gasteiger partial charge in [-0.25, -0.2) is 4.79 Å². The number of nitrogens with zero attached hydrogens (tertiary/aromatic N) is 4. The summed E-state index contributed by atoms with van der Waals surface area (Å²) in [5.41, 5.74) is -0.834. The van der Waals surface area contributed by atoms with E-state index in [4.69, 9.17) is 14.2 Å². The SMILES string of the molecule is CCCN1CCN(CCCCN2CC(CN3CCC(CC(=O)OCC)(C(=O)OCC)CC3)OC2=O)CC1. The summed E-state index contributed by atoms with van der Waals surface area (Å²) in [5, 5.41) is 0. The number of unbranched alkanes of at least 4 members (excludes halogenated alkanes) is 1. The quantitative estimate of drug-likeness (QED) is 0.193. The van der Waals surface area contributed by atoms with Crippen LogP contribution in [0.15, 0.2) is 0 Å². The molecule has 1 atom stereocenters. The molecule has 0 aliphatic carbocycles. The van der Waals surface area contributed by atoms with Crippen LogP contribution in [0, 0.1) is 5.41 Å². The summed E-state index contributed by atoms with van der Waals surface area (Å²) < 4.78 is 16.1. The molecule has 0 bridgehead atoms. The highest BCUT2D eigenvalue weighted by molar-refractivity contribution is 5.83. The topological polar surface area (TPSA) is 91.9 Å². The first-order chi connectivity index (χ1) is 17.9. The Bertz CT molecular complexity index is 734. The first kappa shape index (κ1) is 29.6. The molecule has 1 amide bonds. The molecule has 3 aliphatic rings. The zero-order valence-corrected chi connectivity index (χ0v) is 23.3. The van der Waals surface area contributed by atoms with Crippen LogP contribution in [0.25, 0.3) is 0 Å². The second-order valence-electron chi connectivity index (χ2n) is 10.6. The lowest BCUT2D eigenvalue weighted by Gasteiger charge is -2.39. The lowest BCUT2D eigenvalue weighted by Crippen LogP contribution is -2.48. The highest BCUT2D eigenvalue weighted by Crippen LogP contribution is 2.37. The van der Waals surface area contributed by atoms with Crippen molar-refractivity contribution in [3.05, 3.63) is 0 Å². The fraction of sp³-hybridized carbons (Fsp3) is 0.889. The van der Waals surface area contributed by atoms with Gasteiger partial charge in [-0.15, -0.1) is 0 Å². The molecule has 0 saturated carbocycles. The molecule has 0 aromatic carbocycles. The smallest absolute Gasteiger partial charge is 0.410 e. The molecule has 0 N–H and O–H groups in total. The van der Waals surface area contributed by atoms with Gasteiger partial charge in [-0.05, 0) is 72.1 Å². The van der Waals surface area contributed by atoms with E-state index in [9.17, 15) is 14.4 Å². The van der Waals surface area contributed by atoms with Crippen LogP contribution < -0.4 is 0 Å². The van der Waals surface area contributed by atoms with Gasteiger partial charge in [0, 0.05) is 39.3 Å². The van der Waals surface area contributed by atoms with E-state index >= 15 is 0 Å². The lowest BCUT2D eigenvalue weighted by molar-refractivity contribution is -0.165. The van der Waals surface area contributed by atoms with Gasteiger partial charge in [0.25, 0.3) is 0 Å². The van der Waals surface area contributed by atoms with Crippen molar-refractivity contribution in [2.75, 3.05) is 85.2 Å². The van der Waals surface area contributed by atoms with Crippen molar-refractivity contribution in [3.8, 4) is 0 Å². The molecule has 212 valence electrons. The number of amides is 1. The van der Waals surface area contributed by atoms with Gasteiger partial charge in [0.2, 0.25) is 0 Å². The second kappa shape index (κ2) is 14.9. The Balaban J connectivity index is 1.36. The Morgan fingerprint density at radius 2 is 1.49 bits per heavy atom. The van der Waals surface area contributed by atoms with Gasteiger partial charge in [0.05, 0.1) is 31.6 Å². The summed E-state index contributed by atoms with van der Waals surface area (Å²) in [6.07, 6.45) is 4.01. The van der Waals surface area contributed by atoms with Gasteiger partial charge in [0.1, 0.15) is 6.10 Å². The molecular weight excluding hydrogens is 476 g/mol. The normalized spacial score (nSPS) is 23.2. The van der Waals surface area contributed by atoms with Crippen molar-refractivity contribution in [2.24, 2.45) is 5.41 Å². The van der Waals surface area contributed by atoms with Crippen LogP contribution in [0.2, 0.25) is 0 Å². The van der Waals surface area contributed by atoms with Crippen LogP contribution in [-0.2, 0) is 23.8 Å². The highest BCUT2D eigenvalue weighted by atomic mass is 16.6. The molecule has 10 heteroatoms. The van der Waals surface area contributed by atoms with E-state index in [1.54, 1.807) is 13.8 Å². The summed E-state index contributed by atoms with van der Waals surface area (Å²) in [6.45, 7) is 16.5. The van der Waals surface area contributed by atoms with Gasteiger partial charge in [-0.1, -0.05) is 6.92 Å². The van der Waals surface area contributed by atoms with E-state index < -0.39 is 5.41 Å². The van der Waals surface area contributed by atoms with E-state index in [1.165, 1.54) is 13.0 Å². The molecule has 3 saturated heterocycles. The highest BCUT2D eigenvalue weighted by Gasteiger charge is 2.45. The van der Waals surface area contributed by atoms with E-state index in [-0.39, 0.29) is 37.2 Å². The number of piperazine rings is 1. The third-order valence-electron chi connectivity index (χ3n) is 7.88. The third kappa shape index (κ3) is 8.82. The van der Waals surface area contributed by atoms with Crippen molar-refractivity contribution >= 4 is 18.0 Å². The fourth-order valence-electron chi connectivity index (χ4n) is 5.72. The number of hydrogen-bond acceptors (Lipinski definition) is 9. The minimum Gasteiger partial charge on any atom is -0.466 e. The van der Waals surface area contributed by atoms with Crippen molar-refractivity contribution in [1.82, 2.24) is 19.6 Å². The van der Waals surface area contributed by atoms with E-state index in [1.807, 2.05) is 4.90 Å². The molecule has 0 aromatic heterocycles. The van der Waals surface area contributed by atoms with Crippen molar-refractivity contribution in [2.45, 2.75) is 65.4 Å². The molecule has 3 rings (SSSR count). The van der Waals surface area contributed by atoms with Gasteiger partial charge in [-0.2, -0.15) is 0 Å². The summed E-state index contributed by atoms with van der Waals surface area (Å²) >= 11 is 0. The van der Waals surface area contributed by atoms with Crippen LogP contribution in [0.5, 0.6) is 0 Å². The standard InChI is InChI=1S/C27H48N4O6/c1-4-11-28-16-18-29(19-17-28)12-7-8-13-31-22-23(37-26(31)34)21-30-14-9-27(10-15-30,25(33)36-6-3)20-24(32)35-5-2/h23H,4-22H2,1-3H3. The van der Waals surface area contributed by atoms with Crippen LogP contribution in [-0.4, -0.2) is 129 Å². The maximum absolute atomic E-state index is 12.7. The van der Waals surface area contributed by atoms with Crippen molar-refractivity contribution in [1.29, 1.82) is 0 Å². The molecule has 10 nitrogen and oxygen atoms in total. The Morgan fingerprint density at radius 3 is 2.11 bits per heavy atom. The van der Waals surface area contributed by atoms with Crippen LogP contribution in [0.3, 0.4) is 0 Å². The summed E-state index contributed by atoms with van der Waals surface area (Å²) in [7, 11) is 0. The molecule has 3 heterocycles. The predicted octanol–water partition coefficient (Wildman–Crippen LogP) is 2.21. The minimum atomic E-state index is -0.834. The lowest BCUT2D eigenvalue weighted by atomic mass is 9.75. The number of rotatable bonds is 14. The van der Waals surface area contributed by atoms with Gasteiger partial charge in [-0.3, -0.25) is 14.5 Å². The van der Waals surface area contributed by atoms with Crippen molar-refractivity contribution in [3.63, 3.8) is 0 Å². The molecule has 0 radical (unpaired) electrons. The minimum absolute atomic E-state index is 0.0497. The first-order valence-corrected chi connectivity index (χ1v) is 14.3. The maximum atomic E-state index is 12.7. The molecule has 3 fully saturated rings. The number of cyclic esters (lactones) is 1. The average Bonchev–Trinajstić information content (AvgIpc) is 3.23. The van der Waals surface area contributed by atoms with Gasteiger partial charge in [0.15, 0.2) is 0 Å². The van der Waals surface area contributed by atoms with Crippen LogP contribution in [0.1, 0.15) is 59.3 Å². The summed E-state index contributed by atoms with van der Waals surface area (Å²) in [4.78, 5) is 46.5. The monoisotopic (exact) mass is 524 g/mol. The number of likely N-dealkylation sites (tertiary alicyclic amines) is 1. The number of carbonyl (C=O) groups is 3. The zero-order valence-electron chi connectivity index (χ0n) is 23.3. The van der Waals surface area contributed by atoms with Crippen molar-refractivity contribution < 1.29 is 28.6 Å². The van der Waals surface area contributed by atoms with E-state index in [0.29, 0.717) is 45.6 Å². The van der Waals surface area contributed by atoms with Gasteiger partial charge < -0.3 is 28.9 Å². The number of piperidine rings is 1. The summed E-state index contributed by atoms with van der Waals surface area (Å²) in [6, 6.07) is 0. The molecule has 37 heavy (non-hydrogen) atoms. The maximum Gasteiger partial charge on any atom is 0.410 e. The molecule has 0 aromatic rings. The van der Waals surface area contributed by atoms with Crippen LogP contribution in [0.4, 0.5) is 4.79 Å². The number of hydrogen-bond donors (Lipinski definition) is 0. The first-order valence-electron chi connectivity index (χ1n) is 14.3. The summed E-state index contributed by atoms with van der Waals surface area (Å²) in [5.74, 6) is -0.674. The average molecular weight is 525 g/mol. The molecule has 1 unspecified atom stereocenters. The van der Waals surface area contributed by atoms with Gasteiger partial charge >= 0.3 is 18.0 Å². The predicted molar refractivity (Wildman–Crippen MR) is 140 cm³/mol. The largest absolute Gasteiger partial charge is 0.466 e. The molecule has 0 spiro atoms. The van der Waals surface area contributed by atoms with E-state index in [2.05, 4.69) is 21.6 Å². The Labute approximate surface area is 222 Å². The van der Waals surface area contributed by atoms with E-state index in [0.717, 1.165) is 52.1 Å². The number of carbonyl (C=O) groups excluding carboxylic acids is 3. The Kier molecular flexibility index (Phi) is 11.9. The van der Waals surface area contributed by atoms with Crippen LogP contribution >= 0.6 is 0 Å². The second-order valence-corrected chi connectivity index (χ2v) is 10.6. The number of ether oxygens (including phenoxy) is 3. The molecular formula is C27H48N4O6.